The smallest absolute Gasteiger partial charge is 0.191 e. The number of ether oxygens (including phenoxy) is 1. The highest BCUT2D eigenvalue weighted by molar-refractivity contribution is 7.98. The summed E-state index contributed by atoms with van der Waals surface area (Å²) in [5.74, 6) is 2.33. The number of aryl methyl sites for hydroxylation is 2. The summed E-state index contributed by atoms with van der Waals surface area (Å²) >= 11 is 1.61. The number of rotatable bonds is 8. The van der Waals surface area contributed by atoms with Gasteiger partial charge in [0.05, 0.1) is 5.69 Å². The van der Waals surface area contributed by atoms with Crippen molar-refractivity contribution in [1.29, 1.82) is 0 Å². The van der Waals surface area contributed by atoms with Crippen molar-refractivity contribution in [2.45, 2.75) is 37.9 Å². The molecule has 3 aromatic heterocycles. The molecular weight excluding hydrogens is 382 g/mol. The van der Waals surface area contributed by atoms with E-state index in [2.05, 4.69) is 41.7 Å². The highest BCUT2D eigenvalue weighted by Gasteiger charge is 2.13. The van der Waals surface area contributed by atoms with Gasteiger partial charge in [-0.1, -0.05) is 30.0 Å². The molecule has 0 bridgehead atoms. The van der Waals surface area contributed by atoms with Crippen LogP contribution in [0.4, 0.5) is 0 Å². The number of thioether (sulfide) groups is 1. The van der Waals surface area contributed by atoms with Gasteiger partial charge in [-0.2, -0.15) is 0 Å². The molecule has 7 heteroatoms. The summed E-state index contributed by atoms with van der Waals surface area (Å²) in [6, 6.07) is 12.1. The zero-order valence-electron chi connectivity index (χ0n) is 16.6. The van der Waals surface area contributed by atoms with Gasteiger partial charge >= 0.3 is 0 Å². The first-order chi connectivity index (χ1) is 14.1. The monoisotopic (exact) mass is 405 g/mol. The fraction of sp³-hybridized carbons (Fsp3) is 0.227. The predicted molar refractivity (Wildman–Crippen MR) is 115 cm³/mol. The molecule has 0 saturated carbocycles. The fourth-order valence-electron chi connectivity index (χ4n) is 2.99. The van der Waals surface area contributed by atoms with Gasteiger partial charge in [-0.05, 0) is 49.2 Å². The van der Waals surface area contributed by atoms with E-state index in [1.807, 2.05) is 57.8 Å². The van der Waals surface area contributed by atoms with Gasteiger partial charge in [0.1, 0.15) is 18.0 Å². The Balaban J connectivity index is 1.46. The predicted octanol–water partition coefficient (Wildman–Crippen LogP) is 4.60. The molecule has 0 unspecified atom stereocenters. The lowest BCUT2D eigenvalue weighted by Gasteiger charge is -2.10. The summed E-state index contributed by atoms with van der Waals surface area (Å²) in [5, 5.41) is 9.53. The Morgan fingerprint density at radius 3 is 2.83 bits per heavy atom. The van der Waals surface area contributed by atoms with Crippen LogP contribution in [0, 0.1) is 13.8 Å². The standard InChI is InChI=1S/C22H23N5OS/c1-4-10-27-21(14-28-19-9-8-16(2)17(3)12-19)24-25-22(27)29-15-18-13-26-11-6-5-7-20(26)23-18/h4-9,11-13H,1,10,14-15H2,2-3H3. The Labute approximate surface area is 174 Å². The quantitative estimate of drug-likeness (QED) is 0.317. The van der Waals surface area contributed by atoms with Gasteiger partial charge in [-0.3, -0.25) is 4.57 Å². The molecule has 0 N–H and O–H groups in total. The molecule has 4 aromatic rings. The number of nitrogens with zero attached hydrogens (tertiary/aromatic N) is 5. The SMILES string of the molecule is C=CCn1c(COc2ccc(C)c(C)c2)nnc1SCc1cn2ccccc2n1. The van der Waals surface area contributed by atoms with Crippen LogP contribution < -0.4 is 4.74 Å². The van der Waals surface area contributed by atoms with E-state index in [-0.39, 0.29) is 0 Å². The summed E-state index contributed by atoms with van der Waals surface area (Å²) < 4.78 is 10.0. The molecule has 1 aromatic carbocycles. The molecule has 0 aliphatic rings. The Kier molecular flexibility index (Phi) is 5.67. The summed E-state index contributed by atoms with van der Waals surface area (Å²) in [5.41, 5.74) is 4.40. The molecule has 0 atom stereocenters. The van der Waals surface area contributed by atoms with Crippen LogP contribution in [0.15, 0.2) is 66.6 Å². The lowest BCUT2D eigenvalue weighted by atomic mass is 10.1. The van der Waals surface area contributed by atoms with Gasteiger partial charge in [-0.25, -0.2) is 4.98 Å². The molecule has 4 rings (SSSR count). The van der Waals surface area contributed by atoms with E-state index in [4.69, 9.17) is 4.74 Å². The first-order valence-electron chi connectivity index (χ1n) is 9.42. The molecule has 0 saturated heterocycles. The number of aromatic nitrogens is 5. The van der Waals surface area contributed by atoms with Crippen molar-refractivity contribution in [1.82, 2.24) is 24.1 Å². The van der Waals surface area contributed by atoms with E-state index in [1.54, 1.807) is 11.8 Å². The van der Waals surface area contributed by atoms with Crippen molar-refractivity contribution in [3.63, 3.8) is 0 Å². The van der Waals surface area contributed by atoms with Gasteiger partial charge < -0.3 is 9.14 Å². The van der Waals surface area contributed by atoms with Crippen molar-refractivity contribution in [2.75, 3.05) is 0 Å². The normalized spacial score (nSPS) is 11.1. The molecule has 0 aliphatic heterocycles. The van der Waals surface area contributed by atoms with Gasteiger partial charge in [0.2, 0.25) is 0 Å². The van der Waals surface area contributed by atoms with Crippen LogP contribution in [0.5, 0.6) is 5.75 Å². The lowest BCUT2D eigenvalue weighted by Crippen LogP contribution is -2.07. The highest BCUT2D eigenvalue weighted by atomic mass is 32.2. The first kappa shape index (κ1) is 19.3. The van der Waals surface area contributed by atoms with Crippen LogP contribution in [0.1, 0.15) is 22.6 Å². The van der Waals surface area contributed by atoms with E-state index in [1.165, 1.54) is 11.1 Å². The Morgan fingerprint density at radius 1 is 1.14 bits per heavy atom. The summed E-state index contributed by atoms with van der Waals surface area (Å²) in [4.78, 5) is 4.64. The topological polar surface area (TPSA) is 57.2 Å². The number of hydrogen-bond acceptors (Lipinski definition) is 5. The zero-order chi connectivity index (χ0) is 20.2. The summed E-state index contributed by atoms with van der Waals surface area (Å²) in [6.07, 6.45) is 5.89. The maximum Gasteiger partial charge on any atom is 0.191 e. The van der Waals surface area contributed by atoms with Crippen LogP contribution in [0.3, 0.4) is 0 Å². The Hall–Kier alpha value is -3.06. The van der Waals surface area contributed by atoms with Gasteiger partial charge in [-0.15, -0.1) is 16.8 Å². The van der Waals surface area contributed by atoms with E-state index in [0.717, 1.165) is 33.8 Å². The van der Waals surface area contributed by atoms with Crippen LogP contribution in [0.25, 0.3) is 5.65 Å². The van der Waals surface area contributed by atoms with Crippen LogP contribution >= 0.6 is 11.8 Å². The molecule has 0 aliphatic carbocycles. The number of benzene rings is 1. The summed E-state index contributed by atoms with van der Waals surface area (Å²) in [6.45, 7) is 9.02. The number of fused-ring (bicyclic) bond motifs is 1. The third-order valence-electron chi connectivity index (χ3n) is 4.71. The maximum atomic E-state index is 5.95. The second-order valence-electron chi connectivity index (χ2n) is 6.82. The van der Waals surface area contributed by atoms with Crippen LogP contribution in [0.2, 0.25) is 0 Å². The Morgan fingerprint density at radius 2 is 2.03 bits per heavy atom. The molecular formula is C22H23N5OS. The first-order valence-corrected chi connectivity index (χ1v) is 10.4. The van der Waals surface area contributed by atoms with Crippen molar-refractivity contribution < 1.29 is 4.74 Å². The number of allylic oxidation sites excluding steroid dienone is 1. The average Bonchev–Trinajstić information content (AvgIpc) is 3.31. The molecule has 0 amide bonds. The second-order valence-corrected chi connectivity index (χ2v) is 7.76. The highest BCUT2D eigenvalue weighted by Crippen LogP contribution is 2.23. The van der Waals surface area contributed by atoms with Gasteiger partial charge in [0, 0.05) is 24.7 Å². The third kappa shape index (κ3) is 4.35. The van der Waals surface area contributed by atoms with Crippen LogP contribution in [-0.2, 0) is 18.9 Å². The minimum atomic E-state index is 0.359. The zero-order valence-corrected chi connectivity index (χ0v) is 17.4. The van der Waals surface area contributed by atoms with Crippen molar-refractivity contribution >= 4 is 17.4 Å². The molecule has 0 spiro atoms. The van der Waals surface area contributed by atoms with Gasteiger partial charge in [0.15, 0.2) is 11.0 Å². The lowest BCUT2D eigenvalue weighted by molar-refractivity contribution is 0.289. The van der Waals surface area contributed by atoms with E-state index < -0.39 is 0 Å². The molecule has 0 fully saturated rings. The Bertz CT molecular complexity index is 1110. The number of hydrogen-bond donors (Lipinski definition) is 0. The molecule has 0 radical (unpaired) electrons. The van der Waals surface area contributed by atoms with E-state index >= 15 is 0 Å². The molecule has 29 heavy (non-hydrogen) atoms. The third-order valence-corrected chi connectivity index (χ3v) is 5.71. The average molecular weight is 406 g/mol. The number of pyridine rings is 1. The van der Waals surface area contributed by atoms with E-state index in [0.29, 0.717) is 13.2 Å². The summed E-state index contributed by atoms with van der Waals surface area (Å²) in [7, 11) is 0. The van der Waals surface area contributed by atoms with Crippen LogP contribution in [-0.4, -0.2) is 24.1 Å². The van der Waals surface area contributed by atoms with Crippen molar-refractivity contribution in [3.8, 4) is 5.75 Å². The van der Waals surface area contributed by atoms with E-state index in [9.17, 15) is 0 Å². The maximum absolute atomic E-state index is 5.95. The van der Waals surface area contributed by atoms with Crippen molar-refractivity contribution in [3.05, 3.63) is 84.1 Å². The van der Waals surface area contributed by atoms with Crippen molar-refractivity contribution in [2.24, 2.45) is 0 Å². The van der Waals surface area contributed by atoms with Gasteiger partial charge in [0.25, 0.3) is 0 Å². The molecule has 6 nitrogen and oxygen atoms in total. The largest absolute Gasteiger partial charge is 0.486 e. The minimum absolute atomic E-state index is 0.359. The fourth-order valence-corrected chi connectivity index (χ4v) is 3.84. The molecule has 148 valence electrons. The number of imidazole rings is 1. The second kappa shape index (κ2) is 8.53. The molecule has 3 heterocycles. The minimum Gasteiger partial charge on any atom is -0.486 e.